The number of hydrogen-bond donors (Lipinski definition) is 4. The summed E-state index contributed by atoms with van der Waals surface area (Å²) in [5.41, 5.74) is 4.92. The zero-order valence-corrected chi connectivity index (χ0v) is 35.8. The fourth-order valence-corrected chi connectivity index (χ4v) is 11.3. The lowest BCUT2D eigenvalue weighted by Crippen LogP contribution is -3.03. The third kappa shape index (κ3) is 6.23. The Labute approximate surface area is 366 Å². The van der Waals surface area contributed by atoms with Crippen molar-refractivity contribution in [2.75, 3.05) is 6.54 Å². The molecule has 0 bridgehead atoms. The summed E-state index contributed by atoms with van der Waals surface area (Å²) in [6.45, 7) is 5.87. The Balaban J connectivity index is 1.05. The maximum Gasteiger partial charge on any atom is 0.263 e. The largest absolute Gasteiger partial charge is 0.506 e. The lowest BCUT2D eigenvalue weighted by molar-refractivity contribution is -0.780. The zero-order valence-electron chi connectivity index (χ0n) is 34.1. The molecule has 0 saturated carbocycles. The number of benzene rings is 4. The van der Waals surface area contributed by atoms with E-state index >= 15 is 9.59 Å². The first-order valence-electron chi connectivity index (χ1n) is 21.0. The number of rotatable bonds is 10. The first kappa shape index (κ1) is 39.5. The number of hydrogen-bond acceptors (Lipinski definition) is 8. The van der Waals surface area contributed by atoms with E-state index in [0.717, 1.165) is 74.5 Å². The molecule has 10 heteroatoms. The fraction of sp³-hybridized carbons (Fsp3) is 0.154. The van der Waals surface area contributed by atoms with Crippen LogP contribution in [0, 0.1) is 0 Å². The number of ketones is 3. The molecule has 1 atom stereocenters. The number of allylic oxidation sites excluding steroid dienone is 7. The highest BCUT2D eigenvalue weighted by atomic mass is 32.2. The van der Waals surface area contributed by atoms with E-state index in [4.69, 9.17) is 0 Å². The number of aromatic nitrogens is 1. The van der Waals surface area contributed by atoms with Crippen molar-refractivity contribution in [2.45, 2.75) is 51.0 Å². The Morgan fingerprint density at radius 3 is 1.90 bits per heavy atom. The molecule has 1 aromatic heterocycles. The van der Waals surface area contributed by atoms with Gasteiger partial charge in [-0.2, -0.15) is 4.57 Å². The predicted octanol–water partition coefficient (Wildman–Crippen LogP) is 9.91. The third-order valence-corrected chi connectivity index (χ3v) is 14.4. The lowest BCUT2D eigenvalue weighted by Gasteiger charge is -2.30. The summed E-state index contributed by atoms with van der Waals surface area (Å²) in [6.07, 6.45) is 10.7. The van der Waals surface area contributed by atoms with Gasteiger partial charge < -0.3 is 15.3 Å². The number of Topliss-reactive ketones (excluding diaryl/α,β-unsaturated/α-hetero) is 3. The minimum Gasteiger partial charge on any atom is -0.506 e. The number of aliphatic hydroxyl groups excluding tert-OH is 3. The molecule has 0 amide bonds. The van der Waals surface area contributed by atoms with Gasteiger partial charge in [0.2, 0.25) is 11.3 Å². The van der Waals surface area contributed by atoms with Crippen LogP contribution in [0.1, 0.15) is 66.8 Å². The number of carbonyl (C=O) groups is 3. The molecule has 0 fully saturated rings. The summed E-state index contributed by atoms with van der Waals surface area (Å²) in [5, 5.41) is 36.8. The first-order chi connectivity index (χ1) is 30.2. The summed E-state index contributed by atoms with van der Waals surface area (Å²) in [4.78, 5) is 46.4. The van der Waals surface area contributed by atoms with Crippen molar-refractivity contribution >= 4 is 85.7 Å². The van der Waals surface area contributed by atoms with Crippen LogP contribution in [0.25, 0.3) is 39.6 Å². The number of aliphatic hydroxyl groups is 3. The molecule has 8 nitrogen and oxygen atoms in total. The average Bonchev–Trinajstić information content (AvgIpc) is 3.83. The lowest BCUT2D eigenvalue weighted by atomic mass is 9.71. The number of fused-ring (bicyclic) bond motifs is 4. The van der Waals surface area contributed by atoms with Crippen LogP contribution in [0.15, 0.2) is 164 Å². The van der Waals surface area contributed by atoms with Crippen LogP contribution in [-0.2, 0) is 20.9 Å². The Morgan fingerprint density at radius 1 is 0.629 bits per heavy atom. The molecule has 0 spiro atoms. The second-order valence-corrected chi connectivity index (χ2v) is 18.0. The van der Waals surface area contributed by atoms with Crippen LogP contribution in [0.5, 0.6) is 0 Å². The molecular weight excluding hydrogens is 813 g/mol. The van der Waals surface area contributed by atoms with Crippen LogP contribution in [0.3, 0.4) is 0 Å². The van der Waals surface area contributed by atoms with Gasteiger partial charge in [-0.3, -0.25) is 19.3 Å². The molecule has 0 radical (unpaired) electrons. The van der Waals surface area contributed by atoms with Crippen LogP contribution in [-0.4, -0.2) is 39.2 Å². The molecular formula is C52H42N2O6S2+2. The van der Waals surface area contributed by atoms with Gasteiger partial charge in [0.05, 0.1) is 33.7 Å². The van der Waals surface area contributed by atoms with Crippen LogP contribution in [0.2, 0.25) is 0 Å². The van der Waals surface area contributed by atoms with Crippen LogP contribution in [0.4, 0.5) is 5.69 Å². The molecule has 5 aliphatic rings. The molecule has 10 rings (SSSR count). The molecule has 5 aromatic rings. The number of thioether (sulfide) groups is 1. The van der Waals surface area contributed by atoms with Gasteiger partial charge in [0.25, 0.3) is 5.01 Å². The molecule has 4 N–H and O–H groups in total. The van der Waals surface area contributed by atoms with Crippen LogP contribution < -0.4 is 9.47 Å². The van der Waals surface area contributed by atoms with Crippen molar-refractivity contribution in [3.8, 4) is 0 Å². The van der Waals surface area contributed by atoms with Crippen molar-refractivity contribution in [1.29, 1.82) is 0 Å². The van der Waals surface area contributed by atoms with E-state index in [-0.39, 0.29) is 61.9 Å². The van der Waals surface area contributed by atoms with E-state index in [1.54, 1.807) is 60.3 Å². The van der Waals surface area contributed by atoms with Crippen molar-refractivity contribution in [3.05, 3.63) is 186 Å². The summed E-state index contributed by atoms with van der Waals surface area (Å²) in [6, 6.07) is 30.6. The topological polar surface area (TPSA) is 120 Å². The molecule has 4 aliphatic carbocycles. The number of nitrogens with one attached hydrogen (secondary N) is 1. The van der Waals surface area contributed by atoms with Gasteiger partial charge in [0, 0.05) is 53.0 Å². The first-order valence-corrected chi connectivity index (χ1v) is 22.6. The predicted molar refractivity (Wildman–Crippen MR) is 245 cm³/mol. The Morgan fingerprint density at radius 2 is 1.24 bits per heavy atom. The van der Waals surface area contributed by atoms with E-state index in [9.17, 15) is 20.1 Å². The SMILES string of the molecule is CCCC[n+]1c(C=C2C(=O)C(C3=Cc4ccccc4C(=C4C(=O)C(C5=C(O)C(C=C6Sc7ccccc7[NH+]6CCCC)=C5O)=Cc5ccccc54)C3=O)=C2O)sc2ccccc21. The zero-order chi connectivity index (χ0) is 42.8. The van der Waals surface area contributed by atoms with Gasteiger partial charge in [0.15, 0.2) is 28.8 Å². The van der Waals surface area contributed by atoms with Gasteiger partial charge in [-0.15, -0.1) is 0 Å². The summed E-state index contributed by atoms with van der Waals surface area (Å²) in [7, 11) is 0. The van der Waals surface area contributed by atoms with Gasteiger partial charge in [-0.25, -0.2) is 0 Å². The second-order valence-electron chi connectivity index (χ2n) is 15.9. The molecule has 306 valence electrons. The number of carbonyl (C=O) groups excluding carboxylic acids is 3. The van der Waals surface area contributed by atoms with Gasteiger partial charge >= 0.3 is 0 Å². The Hall–Kier alpha value is -6.59. The fourth-order valence-electron chi connectivity index (χ4n) is 8.96. The Bertz CT molecular complexity index is 3110. The summed E-state index contributed by atoms with van der Waals surface area (Å²) in [5.74, 6) is -2.27. The van der Waals surface area contributed by atoms with E-state index in [1.165, 1.54) is 11.3 Å². The molecule has 0 saturated heterocycles. The number of thiazole rings is 1. The van der Waals surface area contributed by atoms with Crippen LogP contribution >= 0.6 is 23.1 Å². The van der Waals surface area contributed by atoms with E-state index < -0.39 is 17.3 Å². The normalized spacial score (nSPS) is 20.7. The maximum atomic E-state index is 15.0. The summed E-state index contributed by atoms with van der Waals surface area (Å²) >= 11 is 3.13. The summed E-state index contributed by atoms with van der Waals surface area (Å²) < 4.78 is 3.22. The number of nitrogens with zero attached hydrogens (tertiary/aromatic N) is 1. The van der Waals surface area contributed by atoms with Gasteiger partial charge in [-0.05, 0) is 64.7 Å². The average molecular weight is 855 g/mol. The molecule has 1 unspecified atom stereocenters. The second kappa shape index (κ2) is 15.7. The number of quaternary nitrogens is 1. The molecule has 62 heavy (non-hydrogen) atoms. The van der Waals surface area contributed by atoms with E-state index in [2.05, 4.69) is 30.5 Å². The monoisotopic (exact) mass is 854 g/mol. The Kier molecular flexibility index (Phi) is 10.0. The minimum absolute atomic E-state index is 0.00465. The highest BCUT2D eigenvalue weighted by molar-refractivity contribution is 8.03. The van der Waals surface area contributed by atoms with Gasteiger partial charge in [-0.1, -0.05) is 111 Å². The van der Waals surface area contributed by atoms with E-state index in [1.807, 2.05) is 60.7 Å². The molecule has 2 heterocycles. The molecule has 1 aliphatic heterocycles. The highest BCUT2D eigenvalue weighted by Crippen LogP contribution is 2.49. The smallest absolute Gasteiger partial charge is 0.263 e. The maximum absolute atomic E-state index is 15.0. The number of para-hydroxylation sites is 2. The van der Waals surface area contributed by atoms with Gasteiger partial charge in [0.1, 0.15) is 22.0 Å². The number of aryl methyl sites for hydroxylation is 1. The van der Waals surface area contributed by atoms with Crippen molar-refractivity contribution < 1.29 is 39.2 Å². The minimum atomic E-state index is -0.582. The quantitative estimate of drug-likeness (QED) is 0.0816. The third-order valence-electron chi connectivity index (χ3n) is 12.2. The highest BCUT2D eigenvalue weighted by Gasteiger charge is 2.45. The van der Waals surface area contributed by atoms with Crippen molar-refractivity contribution in [3.63, 3.8) is 0 Å². The molecule has 4 aromatic carbocycles. The number of unbranched alkanes of at least 4 members (excludes halogenated alkanes) is 2. The standard InChI is InChI=1S/C52H40N2O6S2/c1-3-5-23-53-37-19-11-13-21-39(37)61-41(53)27-35-49(57)45(50(35)58)33-25-29-15-7-9-17-31(29)43(47(33)55)44-32-18-10-8-16-30(32)26-34(48(44)56)46-51(59)36(52(46)60)28-42-54(24-6-4-2)38-20-12-14-22-40(38)62-42/h7-22,25-28H,3-6,23-24H2,1-2H3,(H2,57,58,59,60)/p+2. The van der Waals surface area contributed by atoms with Crippen molar-refractivity contribution in [2.24, 2.45) is 0 Å². The van der Waals surface area contributed by atoms with E-state index in [0.29, 0.717) is 22.3 Å². The van der Waals surface area contributed by atoms with Crippen molar-refractivity contribution in [1.82, 2.24) is 0 Å².